The zero-order valence-electron chi connectivity index (χ0n) is 23.3. The molecule has 41 heavy (non-hydrogen) atoms. The molecule has 7 rings (SSSR count). The lowest BCUT2D eigenvalue weighted by Crippen LogP contribution is -2.58. The van der Waals surface area contributed by atoms with Crippen LogP contribution in [-0.2, 0) is 25.5 Å². The summed E-state index contributed by atoms with van der Waals surface area (Å²) in [6, 6.07) is 16.7. The van der Waals surface area contributed by atoms with Crippen molar-refractivity contribution in [3.63, 3.8) is 0 Å². The Morgan fingerprint density at radius 3 is 2.32 bits per heavy atom. The van der Waals surface area contributed by atoms with E-state index in [1.54, 1.807) is 31.2 Å². The number of nitrogens with one attached hydrogen (secondary N) is 3. The van der Waals surface area contributed by atoms with Gasteiger partial charge in [0, 0.05) is 23.5 Å². The van der Waals surface area contributed by atoms with Crippen LogP contribution in [-0.4, -0.2) is 46.1 Å². The maximum atomic E-state index is 13.8. The van der Waals surface area contributed by atoms with Crippen molar-refractivity contribution in [1.29, 1.82) is 0 Å². The van der Waals surface area contributed by atoms with Crippen LogP contribution in [0, 0.1) is 23.7 Å². The first-order valence-corrected chi connectivity index (χ1v) is 14.6. The van der Waals surface area contributed by atoms with Gasteiger partial charge in [-0.1, -0.05) is 48.5 Å². The third-order valence-corrected chi connectivity index (χ3v) is 9.34. The van der Waals surface area contributed by atoms with Gasteiger partial charge in [-0.05, 0) is 86.0 Å². The molecular formula is C33H37N3O5. The molecule has 0 unspecified atom stereocenters. The smallest absolute Gasteiger partial charge is 0.352 e. The second kappa shape index (κ2) is 11.2. The lowest BCUT2D eigenvalue weighted by Gasteiger charge is -2.53. The minimum absolute atomic E-state index is 0.0433. The van der Waals surface area contributed by atoms with Gasteiger partial charge >= 0.3 is 11.9 Å². The summed E-state index contributed by atoms with van der Waals surface area (Å²) in [6.07, 6.45) is 9.36. The molecule has 214 valence electrons. The van der Waals surface area contributed by atoms with E-state index in [0.717, 1.165) is 54.0 Å². The Labute approximate surface area is 239 Å². The zero-order valence-corrected chi connectivity index (χ0v) is 23.3. The highest BCUT2D eigenvalue weighted by Gasteiger charge is 2.50. The Morgan fingerprint density at radius 1 is 0.976 bits per heavy atom. The van der Waals surface area contributed by atoms with Crippen molar-refractivity contribution in [3.8, 4) is 0 Å². The third-order valence-electron chi connectivity index (χ3n) is 9.34. The van der Waals surface area contributed by atoms with Crippen LogP contribution in [0.2, 0.25) is 0 Å². The van der Waals surface area contributed by atoms with Crippen LogP contribution >= 0.6 is 0 Å². The van der Waals surface area contributed by atoms with Gasteiger partial charge < -0.3 is 20.1 Å². The lowest BCUT2D eigenvalue weighted by atomic mass is 9.55. The van der Waals surface area contributed by atoms with E-state index in [2.05, 4.69) is 15.6 Å². The summed E-state index contributed by atoms with van der Waals surface area (Å²) in [5.41, 5.74) is 0.908. The van der Waals surface area contributed by atoms with Crippen LogP contribution in [0.3, 0.4) is 0 Å². The summed E-state index contributed by atoms with van der Waals surface area (Å²) in [4.78, 5) is 42.3. The number of aromatic amines is 1. The molecule has 2 aromatic carbocycles. The second-order valence-corrected chi connectivity index (χ2v) is 12.3. The predicted molar refractivity (Wildman–Crippen MR) is 156 cm³/mol. The normalized spacial score (nSPS) is 26.5. The van der Waals surface area contributed by atoms with Gasteiger partial charge in [0.25, 0.3) is 0 Å². The van der Waals surface area contributed by atoms with Gasteiger partial charge in [0.05, 0.1) is 12.1 Å². The number of carbonyl (C=O) groups excluding carboxylic acids is 2. The SMILES string of the molecule is C[C@](Cc1c[nH]c2ccccc12)(NCC(=O)OC1C2CC3CC(C2)CC1C3)C(=O)N/C(=C\c1ccccc1)C(=O)O. The number of amides is 1. The topological polar surface area (TPSA) is 121 Å². The molecule has 0 radical (unpaired) electrons. The van der Waals surface area contributed by atoms with Crippen LogP contribution in [0.4, 0.5) is 0 Å². The Morgan fingerprint density at radius 2 is 1.63 bits per heavy atom. The van der Waals surface area contributed by atoms with Crippen molar-refractivity contribution in [1.82, 2.24) is 15.6 Å². The van der Waals surface area contributed by atoms with Crippen molar-refractivity contribution in [3.05, 3.63) is 77.6 Å². The average Bonchev–Trinajstić information content (AvgIpc) is 3.36. The number of fused-ring (bicyclic) bond motifs is 1. The number of benzene rings is 2. The van der Waals surface area contributed by atoms with Crippen molar-refractivity contribution in [2.75, 3.05) is 6.54 Å². The number of carboxylic acids is 1. The van der Waals surface area contributed by atoms with Crippen molar-refractivity contribution in [2.24, 2.45) is 23.7 Å². The minimum atomic E-state index is -1.31. The molecule has 1 atom stereocenters. The van der Waals surface area contributed by atoms with E-state index in [1.807, 2.05) is 36.5 Å². The van der Waals surface area contributed by atoms with Crippen LogP contribution in [0.5, 0.6) is 0 Å². The van der Waals surface area contributed by atoms with Crippen LogP contribution in [0.1, 0.15) is 50.2 Å². The van der Waals surface area contributed by atoms with Gasteiger partial charge in [0.2, 0.25) is 5.91 Å². The van der Waals surface area contributed by atoms with Gasteiger partial charge in [0.15, 0.2) is 0 Å². The second-order valence-electron chi connectivity index (χ2n) is 12.3. The van der Waals surface area contributed by atoms with E-state index in [-0.39, 0.29) is 30.7 Å². The van der Waals surface area contributed by atoms with Gasteiger partial charge in [-0.3, -0.25) is 14.9 Å². The van der Waals surface area contributed by atoms with E-state index in [9.17, 15) is 19.5 Å². The van der Waals surface area contributed by atoms with Crippen molar-refractivity contribution in [2.45, 2.75) is 57.1 Å². The summed E-state index contributed by atoms with van der Waals surface area (Å²) in [6.45, 7) is 1.54. The summed E-state index contributed by atoms with van der Waals surface area (Å²) in [5.74, 6) is 0.267. The molecule has 4 aliphatic carbocycles. The monoisotopic (exact) mass is 555 g/mol. The Balaban J connectivity index is 1.20. The van der Waals surface area contributed by atoms with Gasteiger partial charge in [-0.15, -0.1) is 0 Å². The molecular weight excluding hydrogens is 518 g/mol. The number of ether oxygens (including phenoxy) is 1. The average molecular weight is 556 g/mol. The number of aliphatic carboxylic acids is 1. The van der Waals surface area contributed by atoms with Crippen molar-refractivity contribution < 1.29 is 24.2 Å². The highest BCUT2D eigenvalue weighted by atomic mass is 16.5. The summed E-state index contributed by atoms with van der Waals surface area (Å²) >= 11 is 0. The van der Waals surface area contributed by atoms with E-state index in [4.69, 9.17) is 4.74 Å². The van der Waals surface area contributed by atoms with E-state index >= 15 is 0 Å². The molecule has 1 amide bonds. The summed E-state index contributed by atoms with van der Waals surface area (Å²) in [7, 11) is 0. The molecule has 4 fully saturated rings. The third kappa shape index (κ3) is 5.79. The number of hydrogen-bond donors (Lipinski definition) is 4. The quantitative estimate of drug-likeness (QED) is 0.213. The van der Waals surface area contributed by atoms with E-state index < -0.39 is 17.4 Å². The van der Waals surface area contributed by atoms with Crippen LogP contribution in [0.15, 0.2) is 66.5 Å². The first-order valence-electron chi connectivity index (χ1n) is 14.6. The molecule has 8 heteroatoms. The van der Waals surface area contributed by atoms with E-state index in [1.165, 1.54) is 12.5 Å². The number of esters is 1. The van der Waals surface area contributed by atoms with Crippen LogP contribution < -0.4 is 10.6 Å². The number of hydrogen-bond acceptors (Lipinski definition) is 5. The molecule has 3 aromatic rings. The van der Waals surface area contributed by atoms with Gasteiger partial charge in [-0.25, -0.2) is 4.79 Å². The Bertz CT molecular complexity index is 1450. The largest absolute Gasteiger partial charge is 0.477 e. The number of carbonyl (C=O) groups is 3. The Kier molecular flexibility index (Phi) is 7.43. The van der Waals surface area contributed by atoms with E-state index in [0.29, 0.717) is 17.4 Å². The number of rotatable bonds is 10. The molecule has 1 aromatic heterocycles. The molecule has 0 saturated heterocycles. The molecule has 4 saturated carbocycles. The Hall–Kier alpha value is -3.91. The molecule has 1 heterocycles. The molecule has 0 aliphatic heterocycles. The standard InChI is InChI=1S/C33H37N3O5/c1-33(17-25-18-34-27-10-6-5-9-26(25)27,32(40)36-28(31(38)39)16-20-7-3-2-4-8-20)35-19-29(37)41-30-23-12-21-11-22(14-23)15-24(30)13-21/h2-10,16,18,21-24,30,34-35H,11-15,17,19H2,1H3,(H,36,40)(H,38,39)/b28-16-/t21?,22?,23?,24?,30?,33-/m1/s1. The molecule has 0 spiro atoms. The highest BCUT2D eigenvalue weighted by Crippen LogP contribution is 2.54. The maximum Gasteiger partial charge on any atom is 0.352 e. The predicted octanol–water partition coefficient (Wildman–Crippen LogP) is 4.67. The summed E-state index contributed by atoms with van der Waals surface area (Å²) < 4.78 is 6.06. The molecule has 4 N–H and O–H groups in total. The van der Waals surface area contributed by atoms with Crippen LogP contribution in [0.25, 0.3) is 17.0 Å². The molecule has 4 aliphatic rings. The molecule has 8 nitrogen and oxygen atoms in total. The zero-order chi connectivity index (χ0) is 28.6. The number of para-hydroxylation sites is 1. The fourth-order valence-corrected chi connectivity index (χ4v) is 7.54. The lowest BCUT2D eigenvalue weighted by molar-refractivity contribution is -0.170. The summed E-state index contributed by atoms with van der Waals surface area (Å²) in [5, 5.41) is 16.6. The maximum absolute atomic E-state index is 13.8. The molecule has 4 bridgehead atoms. The number of carboxylic acid groups (broad SMARTS) is 1. The number of aromatic nitrogens is 1. The minimum Gasteiger partial charge on any atom is -0.477 e. The van der Waals surface area contributed by atoms with Crippen molar-refractivity contribution >= 4 is 34.8 Å². The first kappa shape index (κ1) is 27.3. The fourth-order valence-electron chi connectivity index (χ4n) is 7.54. The fraction of sp³-hybridized carbons (Fsp3) is 0.424. The first-order chi connectivity index (χ1) is 19.8. The van der Waals surface area contributed by atoms with Gasteiger partial charge in [-0.2, -0.15) is 0 Å². The number of H-pyrrole nitrogens is 1. The van der Waals surface area contributed by atoms with Gasteiger partial charge in [0.1, 0.15) is 11.8 Å². The highest BCUT2D eigenvalue weighted by molar-refractivity contribution is 5.99.